The largest absolute Gasteiger partial charge is 0.490 e. The molecular formula is C12H17FN2O. The second-order valence-corrected chi connectivity index (χ2v) is 4.64. The first-order valence-corrected chi connectivity index (χ1v) is 5.56. The summed E-state index contributed by atoms with van der Waals surface area (Å²) < 4.78 is 18.2. The van der Waals surface area contributed by atoms with Crippen LogP contribution in [0, 0.1) is 5.92 Å². The molecule has 0 radical (unpaired) electrons. The number of aromatic nitrogens is 1. The molecular weight excluding hydrogens is 207 g/mol. The quantitative estimate of drug-likeness (QED) is 0.846. The molecule has 4 heteroatoms. The minimum atomic E-state index is -0.254. The standard InChI is InChI=1S/C12H17FN2O/c1-12(5-10(6-13)7-15-12)9-16-11-3-2-4-14-8-11/h2-4,8,10,15H,5-7,9H2,1H3/t10-,12+/m1/s1. The van der Waals surface area contributed by atoms with E-state index < -0.39 is 0 Å². The van der Waals surface area contributed by atoms with Crippen molar-refractivity contribution in [1.29, 1.82) is 0 Å². The first-order valence-electron chi connectivity index (χ1n) is 5.56. The van der Waals surface area contributed by atoms with Crippen LogP contribution in [0.3, 0.4) is 0 Å². The Hall–Kier alpha value is -1.16. The molecule has 88 valence electrons. The summed E-state index contributed by atoms with van der Waals surface area (Å²) in [5.41, 5.74) is -0.118. The van der Waals surface area contributed by atoms with Gasteiger partial charge < -0.3 is 10.1 Å². The summed E-state index contributed by atoms with van der Waals surface area (Å²) >= 11 is 0. The maximum absolute atomic E-state index is 12.5. The molecule has 0 amide bonds. The van der Waals surface area contributed by atoms with E-state index in [1.54, 1.807) is 12.4 Å². The van der Waals surface area contributed by atoms with Crippen molar-refractivity contribution in [3.05, 3.63) is 24.5 Å². The monoisotopic (exact) mass is 224 g/mol. The highest BCUT2D eigenvalue weighted by Crippen LogP contribution is 2.25. The van der Waals surface area contributed by atoms with Crippen LogP contribution in [-0.4, -0.2) is 30.3 Å². The van der Waals surface area contributed by atoms with Crippen molar-refractivity contribution in [2.45, 2.75) is 18.9 Å². The van der Waals surface area contributed by atoms with Crippen LogP contribution in [0.5, 0.6) is 5.75 Å². The molecule has 0 saturated carbocycles. The summed E-state index contributed by atoms with van der Waals surface area (Å²) in [6.07, 6.45) is 4.22. The summed E-state index contributed by atoms with van der Waals surface area (Å²) in [5.74, 6) is 0.886. The van der Waals surface area contributed by atoms with Gasteiger partial charge in [0.15, 0.2) is 0 Å². The van der Waals surface area contributed by atoms with Gasteiger partial charge in [-0.1, -0.05) is 0 Å². The smallest absolute Gasteiger partial charge is 0.137 e. The van der Waals surface area contributed by atoms with Crippen molar-refractivity contribution in [2.24, 2.45) is 5.92 Å². The van der Waals surface area contributed by atoms with Gasteiger partial charge in [-0.25, -0.2) is 0 Å². The van der Waals surface area contributed by atoms with Crippen molar-refractivity contribution in [1.82, 2.24) is 10.3 Å². The molecule has 16 heavy (non-hydrogen) atoms. The van der Waals surface area contributed by atoms with Gasteiger partial charge in [0, 0.05) is 18.7 Å². The molecule has 0 aromatic carbocycles. The highest BCUT2D eigenvalue weighted by molar-refractivity contribution is 5.15. The third-order valence-corrected chi connectivity index (χ3v) is 2.97. The van der Waals surface area contributed by atoms with Crippen molar-refractivity contribution in [3.8, 4) is 5.75 Å². The van der Waals surface area contributed by atoms with E-state index in [1.807, 2.05) is 12.1 Å². The topological polar surface area (TPSA) is 34.1 Å². The molecule has 0 unspecified atom stereocenters. The van der Waals surface area contributed by atoms with Crippen molar-refractivity contribution in [2.75, 3.05) is 19.8 Å². The van der Waals surface area contributed by atoms with E-state index in [2.05, 4.69) is 17.2 Å². The highest BCUT2D eigenvalue weighted by atomic mass is 19.1. The Balaban J connectivity index is 1.86. The second-order valence-electron chi connectivity index (χ2n) is 4.64. The van der Waals surface area contributed by atoms with Crippen molar-refractivity contribution >= 4 is 0 Å². The summed E-state index contributed by atoms with van der Waals surface area (Å²) in [4.78, 5) is 3.98. The number of rotatable bonds is 4. The van der Waals surface area contributed by atoms with Crippen LogP contribution < -0.4 is 10.1 Å². The molecule has 1 fully saturated rings. The first kappa shape index (κ1) is 11.3. The summed E-state index contributed by atoms with van der Waals surface area (Å²) in [6, 6.07) is 3.71. The van der Waals surface area contributed by atoms with Crippen molar-refractivity contribution < 1.29 is 9.13 Å². The minimum absolute atomic E-state index is 0.118. The Morgan fingerprint density at radius 3 is 3.19 bits per heavy atom. The van der Waals surface area contributed by atoms with Gasteiger partial charge in [-0.15, -0.1) is 0 Å². The fourth-order valence-corrected chi connectivity index (χ4v) is 2.07. The normalized spacial score (nSPS) is 29.2. The first-order chi connectivity index (χ1) is 7.72. The van der Waals surface area contributed by atoms with Gasteiger partial charge in [0.25, 0.3) is 0 Å². The lowest BCUT2D eigenvalue weighted by molar-refractivity contribution is 0.206. The minimum Gasteiger partial charge on any atom is -0.490 e. The molecule has 3 nitrogen and oxygen atoms in total. The van der Waals surface area contributed by atoms with E-state index in [0.717, 1.165) is 18.7 Å². The van der Waals surface area contributed by atoms with Gasteiger partial charge in [-0.05, 0) is 25.5 Å². The van der Waals surface area contributed by atoms with E-state index in [4.69, 9.17) is 4.74 Å². The van der Waals surface area contributed by atoms with Crippen LogP contribution in [0.25, 0.3) is 0 Å². The lowest BCUT2D eigenvalue weighted by Gasteiger charge is -2.24. The van der Waals surface area contributed by atoms with E-state index >= 15 is 0 Å². The summed E-state index contributed by atoms with van der Waals surface area (Å²) in [5, 5.41) is 3.32. The number of halogens is 1. The van der Waals surface area contributed by atoms with E-state index in [-0.39, 0.29) is 18.1 Å². The SMILES string of the molecule is C[C@@]1(COc2cccnc2)C[C@H](CF)CN1. The molecule has 1 aliphatic rings. The van der Waals surface area contributed by atoms with E-state index in [1.165, 1.54) is 0 Å². The van der Waals surface area contributed by atoms with Gasteiger partial charge in [0.05, 0.1) is 18.4 Å². The molecule has 2 rings (SSSR count). The summed E-state index contributed by atoms with van der Waals surface area (Å²) in [7, 11) is 0. The lowest BCUT2D eigenvalue weighted by Crippen LogP contribution is -2.42. The number of nitrogens with one attached hydrogen (secondary N) is 1. The Morgan fingerprint density at radius 2 is 2.56 bits per heavy atom. The molecule has 1 aliphatic heterocycles. The van der Waals surface area contributed by atoms with Crippen LogP contribution in [0.15, 0.2) is 24.5 Å². The van der Waals surface area contributed by atoms with Crippen LogP contribution in [0.1, 0.15) is 13.3 Å². The average molecular weight is 224 g/mol. The van der Waals surface area contributed by atoms with Crippen molar-refractivity contribution in [3.63, 3.8) is 0 Å². The van der Waals surface area contributed by atoms with Gasteiger partial charge in [0.1, 0.15) is 12.4 Å². The molecule has 0 spiro atoms. The third kappa shape index (κ3) is 2.70. The number of ether oxygens (including phenoxy) is 1. The Labute approximate surface area is 95.0 Å². The molecule has 1 saturated heterocycles. The zero-order chi connectivity index (χ0) is 11.4. The number of pyridine rings is 1. The number of hydrogen-bond acceptors (Lipinski definition) is 3. The zero-order valence-corrected chi connectivity index (χ0v) is 9.45. The molecule has 2 atom stereocenters. The summed E-state index contributed by atoms with van der Waals surface area (Å²) in [6.45, 7) is 3.10. The van der Waals surface area contributed by atoms with Gasteiger partial charge >= 0.3 is 0 Å². The zero-order valence-electron chi connectivity index (χ0n) is 9.45. The molecule has 1 aromatic heterocycles. The Kier molecular flexibility index (Phi) is 3.39. The number of nitrogens with zero attached hydrogens (tertiary/aromatic N) is 1. The van der Waals surface area contributed by atoms with Gasteiger partial charge in [-0.2, -0.15) is 0 Å². The molecule has 1 N–H and O–H groups in total. The van der Waals surface area contributed by atoms with Gasteiger partial charge in [0.2, 0.25) is 0 Å². The fourth-order valence-electron chi connectivity index (χ4n) is 2.07. The average Bonchev–Trinajstić information content (AvgIpc) is 2.71. The Bertz CT molecular complexity index is 333. The highest BCUT2D eigenvalue weighted by Gasteiger charge is 2.35. The maximum Gasteiger partial charge on any atom is 0.137 e. The third-order valence-electron chi connectivity index (χ3n) is 2.97. The Morgan fingerprint density at radius 1 is 1.69 bits per heavy atom. The fraction of sp³-hybridized carbons (Fsp3) is 0.583. The molecule has 0 bridgehead atoms. The molecule has 2 heterocycles. The predicted molar refractivity (Wildman–Crippen MR) is 60.2 cm³/mol. The van der Waals surface area contributed by atoms with Gasteiger partial charge in [-0.3, -0.25) is 9.37 Å². The maximum atomic E-state index is 12.5. The van der Waals surface area contributed by atoms with E-state index in [9.17, 15) is 4.39 Å². The second kappa shape index (κ2) is 4.78. The van der Waals surface area contributed by atoms with Crippen LogP contribution >= 0.6 is 0 Å². The van der Waals surface area contributed by atoms with Crippen LogP contribution in [-0.2, 0) is 0 Å². The number of hydrogen-bond donors (Lipinski definition) is 1. The molecule has 1 aromatic rings. The van der Waals surface area contributed by atoms with Crippen LogP contribution in [0.4, 0.5) is 4.39 Å². The van der Waals surface area contributed by atoms with E-state index in [0.29, 0.717) is 6.61 Å². The molecule has 0 aliphatic carbocycles. The number of alkyl halides is 1. The van der Waals surface area contributed by atoms with Crippen LogP contribution in [0.2, 0.25) is 0 Å². The predicted octanol–water partition coefficient (Wildman–Crippen LogP) is 1.80. The lowest BCUT2D eigenvalue weighted by atomic mass is 9.96.